The summed E-state index contributed by atoms with van der Waals surface area (Å²) >= 11 is 0. The molecule has 0 saturated heterocycles. The van der Waals surface area contributed by atoms with E-state index in [-0.39, 0.29) is 0 Å². The van der Waals surface area contributed by atoms with E-state index in [2.05, 4.69) is 0 Å². The van der Waals surface area contributed by atoms with Crippen molar-refractivity contribution in [1.29, 1.82) is 0 Å². The number of aliphatic carboxylic acids is 1. The Morgan fingerprint density at radius 3 is 2.52 bits per heavy atom. The third-order valence-electron chi connectivity index (χ3n) is 2.42. The molecule has 21 heavy (non-hydrogen) atoms. The van der Waals surface area contributed by atoms with Crippen LogP contribution in [0.5, 0.6) is 0 Å². The zero-order valence-corrected chi connectivity index (χ0v) is 12.0. The highest BCUT2D eigenvalue weighted by Gasteiger charge is 2.31. The summed E-state index contributed by atoms with van der Waals surface area (Å²) in [6, 6.07) is 2.07. The summed E-state index contributed by atoms with van der Waals surface area (Å²) in [5, 5.41) is 19.3. The minimum absolute atomic E-state index is 0.539. The van der Waals surface area contributed by atoms with Crippen LogP contribution in [-0.2, 0) is 14.8 Å². The van der Waals surface area contributed by atoms with Crippen molar-refractivity contribution in [1.82, 2.24) is 4.72 Å². The largest absolute Gasteiger partial charge is 0.481 e. The summed E-state index contributed by atoms with van der Waals surface area (Å²) in [4.78, 5) is 19.5. The van der Waals surface area contributed by atoms with Gasteiger partial charge in [0.15, 0.2) is 0 Å². The zero-order valence-electron chi connectivity index (χ0n) is 11.2. The van der Waals surface area contributed by atoms with Crippen LogP contribution in [0.3, 0.4) is 0 Å². The quantitative estimate of drug-likeness (QED) is 0.600. The number of nitro benzene ring substituents is 1. The lowest BCUT2D eigenvalue weighted by atomic mass is 10.0. The maximum atomic E-state index is 13.6. The molecule has 0 radical (unpaired) electrons. The number of sulfonamides is 1. The van der Waals surface area contributed by atoms with E-state index < -0.39 is 49.3 Å². The van der Waals surface area contributed by atoms with Crippen molar-refractivity contribution in [2.75, 3.05) is 0 Å². The number of halogens is 1. The van der Waals surface area contributed by atoms with E-state index in [1.807, 2.05) is 4.72 Å². The fourth-order valence-corrected chi connectivity index (χ4v) is 3.15. The van der Waals surface area contributed by atoms with E-state index >= 15 is 0 Å². The van der Waals surface area contributed by atoms with Crippen LogP contribution >= 0.6 is 0 Å². The molecule has 0 aliphatic carbocycles. The van der Waals surface area contributed by atoms with Gasteiger partial charge in [0.2, 0.25) is 10.0 Å². The smallest absolute Gasteiger partial charge is 0.305 e. The van der Waals surface area contributed by atoms with E-state index in [1.54, 1.807) is 0 Å². The van der Waals surface area contributed by atoms with E-state index in [0.29, 0.717) is 12.1 Å². The van der Waals surface area contributed by atoms with Crippen molar-refractivity contribution in [3.63, 3.8) is 0 Å². The lowest BCUT2D eigenvalue weighted by Crippen LogP contribution is -2.45. The van der Waals surface area contributed by atoms with Gasteiger partial charge in [-0.2, -0.15) is 0 Å². The van der Waals surface area contributed by atoms with Gasteiger partial charge >= 0.3 is 5.97 Å². The Labute approximate surface area is 119 Å². The second-order valence-corrected chi connectivity index (χ2v) is 6.58. The number of rotatable bonds is 6. The van der Waals surface area contributed by atoms with Gasteiger partial charge in [0.25, 0.3) is 5.69 Å². The third-order valence-corrected chi connectivity index (χ3v) is 4.13. The SMILES string of the molecule is CC(C)(CC(=O)O)NS(=O)(=O)c1cc([N+](=O)[O-])ccc1F. The molecule has 0 fully saturated rings. The van der Waals surface area contributed by atoms with Crippen LogP contribution in [0.4, 0.5) is 10.1 Å². The Bertz CT molecular complexity index is 686. The average molecular weight is 320 g/mol. The number of hydrogen-bond donors (Lipinski definition) is 2. The number of carboxylic acids is 1. The van der Waals surface area contributed by atoms with Crippen LogP contribution in [0, 0.1) is 15.9 Å². The molecule has 1 aromatic rings. The first-order chi connectivity index (χ1) is 9.44. The molecule has 116 valence electrons. The number of nitrogens with one attached hydrogen (secondary N) is 1. The zero-order chi connectivity index (χ0) is 16.4. The lowest BCUT2D eigenvalue weighted by Gasteiger charge is -2.23. The lowest BCUT2D eigenvalue weighted by molar-refractivity contribution is -0.385. The minimum Gasteiger partial charge on any atom is -0.481 e. The molecular formula is C11H13FN2O6S. The second kappa shape index (κ2) is 5.74. The number of nitrogens with zero attached hydrogens (tertiary/aromatic N) is 1. The molecule has 0 amide bonds. The molecule has 0 saturated carbocycles. The van der Waals surface area contributed by atoms with Crippen LogP contribution in [-0.4, -0.2) is 30.0 Å². The fraction of sp³-hybridized carbons (Fsp3) is 0.364. The summed E-state index contributed by atoms with van der Waals surface area (Å²) in [6.07, 6.45) is -0.539. The first kappa shape index (κ1) is 17.0. The number of benzene rings is 1. The normalized spacial score (nSPS) is 12.1. The average Bonchev–Trinajstić information content (AvgIpc) is 2.24. The Balaban J connectivity index is 3.22. The van der Waals surface area contributed by atoms with Gasteiger partial charge in [-0.1, -0.05) is 0 Å². The topological polar surface area (TPSA) is 127 Å². The summed E-state index contributed by atoms with van der Waals surface area (Å²) in [5.41, 5.74) is -1.98. The van der Waals surface area contributed by atoms with Crippen molar-refractivity contribution in [2.45, 2.75) is 30.7 Å². The minimum atomic E-state index is -4.44. The number of carbonyl (C=O) groups is 1. The van der Waals surface area contributed by atoms with E-state index in [1.165, 1.54) is 13.8 Å². The van der Waals surface area contributed by atoms with Gasteiger partial charge in [-0.25, -0.2) is 17.5 Å². The molecule has 0 unspecified atom stereocenters. The van der Waals surface area contributed by atoms with Gasteiger partial charge in [0, 0.05) is 17.7 Å². The molecule has 0 aliphatic heterocycles. The number of hydrogen-bond acceptors (Lipinski definition) is 5. The Morgan fingerprint density at radius 1 is 1.48 bits per heavy atom. The molecule has 10 heteroatoms. The van der Waals surface area contributed by atoms with Crippen molar-refractivity contribution in [2.24, 2.45) is 0 Å². The van der Waals surface area contributed by atoms with Crippen molar-refractivity contribution >= 4 is 21.7 Å². The van der Waals surface area contributed by atoms with Gasteiger partial charge in [-0.15, -0.1) is 0 Å². The highest BCUT2D eigenvalue weighted by Crippen LogP contribution is 2.23. The number of carboxylic acid groups (broad SMARTS) is 1. The molecule has 1 rings (SSSR count). The van der Waals surface area contributed by atoms with Gasteiger partial charge in [0.05, 0.1) is 11.3 Å². The first-order valence-corrected chi connectivity index (χ1v) is 7.13. The van der Waals surface area contributed by atoms with E-state index in [4.69, 9.17) is 5.11 Å². The molecular weight excluding hydrogens is 307 g/mol. The fourth-order valence-electron chi connectivity index (χ4n) is 1.64. The summed E-state index contributed by atoms with van der Waals surface area (Å²) in [7, 11) is -4.44. The van der Waals surface area contributed by atoms with Crippen LogP contribution in [0.2, 0.25) is 0 Å². The molecule has 0 atom stereocenters. The molecule has 0 spiro atoms. The predicted molar refractivity (Wildman–Crippen MR) is 69.7 cm³/mol. The van der Waals surface area contributed by atoms with Gasteiger partial charge in [-0.05, 0) is 19.9 Å². The molecule has 2 N–H and O–H groups in total. The predicted octanol–water partition coefficient (Wildman–Crippen LogP) is 1.27. The Hall–Kier alpha value is -2.07. The molecule has 0 heterocycles. The van der Waals surface area contributed by atoms with Crippen LogP contribution in [0.15, 0.2) is 23.1 Å². The van der Waals surface area contributed by atoms with Gasteiger partial charge in [-0.3, -0.25) is 14.9 Å². The first-order valence-electron chi connectivity index (χ1n) is 5.64. The van der Waals surface area contributed by atoms with Gasteiger partial charge < -0.3 is 5.11 Å². The number of nitro groups is 1. The van der Waals surface area contributed by atoms with Crippen molar-refractivity contribution in [3.05, 3.63) is 34.1 Å². The molecule has 8 nitrogen and oxygen atoms in total. The van der Waals surface area contributed by atoms with Crippen LogP contribution in [0.1, 0.15) is 20.3 Å². The summed E-state index contributed by atoms with van der Waals surface area (Å²) in [5.74, 6) is -2.42. The highest BCUT2D eigenvalue weighted by molar-refractivity contribution is 7.89. The Kier molecular flexibility index (Phi) is 4.64. The molecule has 0 bridgehead atoms. The second-order valence-electron chi connectivity index (χ2n) is 4.93. The molecule has 0 aromatic heterocycles. The van der Waals surface area contributed by atoms with Gasteiger partial charge in [0.1, 0.15) is 10.7 Å². The van der Waals surface area contributed by atoms with E-state index in [0.717, 1.165) is 6.07 Å². The molecule has 0 aliphatic rings. The number of non-ortho nitro benzene ring substituents is 1. The summed E-state index contributed by atoms with van der Waals surface area (Å²) in [6.45, 7) is 2.60. The third kappa shape index (κ3) is 4.46. The van der Waals surface area contributed by atoms with Crippen LogP contribution in [0.25, 0.3) is 0 Å². The standard InChI is InChI=1S/C11H13FN2O6S/c1-11(2,6-10(15)16)13-21(19,20)9-5-7(14(17)18)3-4-8(9)12/h3-5,13H,6H2,1-2H3,(H,15,16). The molecule has 1 aromatic carbocycles. The monoisotopic (exact) mass is 320 g/mol. The van der Waals surface area contributed by atoms with Crippen LogP contribution < -0.4 is 4.72 Å². The summed E-state index contributed by atoms with van der Waals surface area (Å²) < 4.78 is 39.7. The maximum absolute atomic E-state index is 13.6. The highest BCUT2D eigenvalue weighted by atomic mass is 32.2. The van der Waals surface area contributed by atoms with Crippen molar-refractivity contribution < 1.29 is 27.6 Å². The van der Waals surface area contributed by atoms with E-state index in [9.17, 15) is 27.7 Å². The van der Waals surface area contributed by atoms with Crippen molar-refractivity contribution in [3.8, 4) is 0 Å². The maximum Gasteiger partial charge on any atom is 0.305 e. The Morgan fingerprint density at radius 2 is 2.05 bits per heavy atom.